The van der Waals surface area contributed by atoms with Crippen LogP contribution in [0.4, 0.5) is 0 Å². The van der Waals surface area contributed by atoms with Crippen LogP contribution in [-0.4, -0.2) is 66.7 Å². The number of morpholine rings is 1. The Balaban J connectivity index is 1.29. The SMILES string of the molecule is O=C(CC1CN(Cc2ccccc2)CCO1)N1CCC2CCC(C1)N2. The maximum Gasteiger partial charge on any atom is 0.225 e. The molecule has 3 aliphatic rings. The van der Waals surface area contributed by atoms with E-state index in [-0.39, 0.29) is 12.0 Å². The first-order chi connectivity index (χ1) is 12.3. The fourth-order valence-corrected chi connectivity index (χ4v) is 4.38. The number of nitrogens with zero attached hydrogens (tertiary/aromatic N) is 2. The second kappa shape index (κ2) is 7.85. The van der Waals surface area contributed by atoms with Gasteiger partial charge < -0.3 is 15.0 Å². The van der Waals surface area contributed by atoms with Crippen LogP contribution in [0.2, 0.25) is 0 Å². The second-order valence-corrected chi connectivity index (χ2v) is 7.68. The zero-order chi connectivity index (χ0) is 17.1. The molecule has 25 heavy (non-hydrogen) atoms. The van der Waals surface area contributed by atoms with E-state index in [0.717, 1.165) is 45.8 Å². The lowest BCUT2D eigenvalue weighted by molar-refractivity contribution is -0.136. The van der Waals surface area contributed by atoms with Crippen molar-refractivity contribution < 1.29 is 9.53 Å². The first-order valence-electron chi connectivity index (χ1n) is 9.68. The molecule has 2 bridgehead atoms. The van der Waals surface area contributed by atoms with Gasteiger partial charge in [-0.25, -0.2) is 0 Å². The highest BCUT2D eigenvalue weighted by Gasteiger charge is 2.32. The summed E-state index contributed by atoms with van der Waals surface area (Å²) < 4.78 is 5.90. The Morgan fingerprint density at radius 1 is 1.08 bits per heavy atom. The van der Waals surface area contributed by atoms with Gasteiger partial charge in [-0.1, -0.05) is 30.3 Å². The third-order valence-electron chi connectivity index (χ3n) is 5.75. The Bertz CT molecular complexity index is 580. The molecule has 3 aliphatic heterocycles. The van der Waals surface area contributed by atoms with Gasteiger partial charge in [0.15, 0.2) is 0 Å². The van der Waals surface area contributed by atoms with Crippen LogP contribution in [0.15, 0.2) is 30.3 Å². The van der Waals surface area contributed by atoms with Gasteiger partial charge in [0.05, 0.1) is 19.1 Å². The largest absolute Gasteiger partial charge is 0.375 e. The highest BCUT2D eigenvalue weighted by atomic mass is 16.5. The van der Waals surface area contributed by atoms with Gasteiger partial charge in [0.2, 0.25) is 5.91 Å². The van der Waals surface area contributed by atoms with Crippen molar-refractivity contribution in [3.63, 3.8) is 0 Å². The zero-order valence-corrected chi connectivity index (χ0v) is 14.9. The molecule has 136 valence electrons. The number of nitrogens with one attached hydrogen (secondary N) is 1. The van der Waals surface area contributed by atoms with E-state index < -0.39 is 0 Å². The van der Waals surface area contributed by atoms with Crippen LogP contribution >= 0.6 is 0 Å². The molecule has 3 atom stereocenters. The summed E-state index contributed by atoms with van der Waals surface area (Å²) >= 11 is 0. The third-order valence-corrected chi connectivity index (χ3v) is 5.75. The van der Waals surface area contributed by atoms with Crippen molar-refractivity contribution in [1.82, 2.24) is 15.1 Å². The average molecular weight is 343 g/mol. The van der Waals surface area contributed by atoms with Gasteiger partial charge in [0.25, 0.3) is 0 Å². The van der Waals surface area contributed by atoms with Crippen molar-refractivity contribution in [3.8, 4) is 0 Å². The molecule has 0 radical (unpaired) electrons. The molecule has 1 amide bonds. The Kier molecular flexibility index (Phi) is 5.34. The van der Waals surface area contributed by atoms with E-state index in [9.17, 15) is 4.79 Å². The second-order valence-electron chi connectivity index (χ2n) is 7.68. The molecule has 0 saturated carbocycles. The molecular weight excluding hydrogens is 314 g/mol. The van der Waals surface area contributed by atoms with Crippen LogP contribution in [0.1, 0.15) is 31.2 Å². The maximum absolute atomic E-state index is 12.8. The summed E-state index contributed by atoms with van der Waals surface area (Å²) in [4.78, 5) is 17.2. The van der Waals surface area contributed by atoms with Crippen molar-refractivity contribution in [2.45, 2.75) is 50.4 Å². The van der Waals surface area contributed by atoms with Crippen molar-refractivity contribution in [2.75, 3.05) is 32.8 Å². The van der Waals surface area contributed by atoms with Crippen LogP contribution in [0.5, 0.6) is 0 Å². The molecule has 3 fully saturated rings. The van der Waals surface area contributed by atoms with Gasteiger partial charge in [0.1, 0.15) is 0 Å². The molecule has 4 rings (SSSR count). The molecule has 5 heteroatoms. The first-order valence-corrected chi connectivity index (χ1v) is 9.68. The molecule has 3 heterocycles. The van der Waals surface area contributed by atoms with Gasteiger partial charge in [-0.05, 0) is 24.8 Å². The van der Waals surface area contributed by atoms with Crippen LogP contribution in [0.25, 0.3) is 0 Å². The fraction of sp³-hybridized carbons (Fsp3) is 0.650. The lowest BCUT2D eigenvalue weighted by atomic mass is 10.1. The summed E-state index contributed by atoms with van der Waals surface area (Å²) in [7, 11) is 0. The van der Waals surface area contributed by atoms with E-state index in [1.165, 1.54) is 18.4 Å². The number of benzene rings is 1. The minimum atomic E-state index is 0.0263. The minimum Gasteiger partial charge on any atom is -0.375 e. The minimum absolute atomic E-state index is 0.0263. The molecule has 1 aromatic rings. The summed E-state index contributed by atoms with van der Waals surface area (Å²) in [6.07, 6.45) is 4.11. The number of hydrogen-bond acceptors (Lipinski definition) is 4. The zero-order valence-electron chi connectivity index (χ0n) is 14.9. The number of rotatable bonds is 4. The van der Waals surface area contributed by atoms with Crippen molar-refractivity contribution in [1.29, 1.82) is 0 Å². The lowest BCUT2D eigenvalue weighted by Gasteiger charge is -2.34. The number of likely N-dealkylation sites (tertiary alicyclic amines) is 1. The Labute approximate surface area is 150 Å². The van der Waals surface area contributed by atoms with Gasteiger partial charge in [-0.3, -0.25) is 9.69 Å². The topological polar surface area (TPSA) is 44.8 Å². The standard InChI is InChI=1S/C20H29N3O2/c24-20(23-9-8-17-6-7-18(14-23)21-17)12-19-15-22(10-11-25-19)13-16-4-2-1-3-5-16/h1-5,17-19,21H,6-15H2. The van der Waals surface area contributed by atoms with Crippen molar-refractivity contribution in [3.05, 3.63) is 35.9 Å². The van der Waals surface area contributed by atoms with Gasteiger partial charge in [-0.15, -0.1) is 0 Å². The first kappa shape index (κ1) is 17.0. The maximum atomic E-state index is 12.8. The number of fused-ring (bicyclic) bond motifs is 2. The molecule has 1 N–H and O–H groups in total. The van der Waals surface area contributed by atoms with E-state index in [1.54, 1.807) is 0 Å². The molecule has 5 nitrogen and oxygen atoms in total. The van der Waals surface area contributed by atoms with Crippen molar-refractivity contribution in [2.24, 2.45) is 0 Å². The molecule has 0 aliphatic carbocycles. The van der Waals surface area contributed by atoms with Crippen LogP contribution in [0.3, 0.4) is 0 Å². The van der Waals surface area contributed by atoms with E-state index in [0.29, 0.717) is 18.5 Å². The van der Waals surface area contributed by atoms with Gasteiger partial charge >= 0.3 is 0 Å². The molecule has 1 aromatic carbocycles. The number of hydrogen-bond donors (Lipinski definition) is 1. The molecule has 3 unspecified atom stereocenters. The van der Waals surface area contributed by atoms with E-state index in [4.69, 9.17) is 4.74 Å². The predicted molar refractivity (Wildman–Crippen MR) is 97.2 cm³/mol. The summed E-state index contributed by atoms with van der Waals surface area (Å²) in [6, 6.07) is 11.7. The normalized spacial score (nSPS) is 30.2. The third kappa shape index (κ3) is 4.40. The monoisotopic (exact) mass is 343 g/mol. The number of amides is 1. The van der Waals surface area contributed by atoms with Crippen LogP contribution in [0, 0.1) is 0 Å². The molecule has 0 aromatic heterocycles. The van der Waals surface area contributed by atoms with Gasteiger partial charge in [0, 0.05) is 44.8 Å². The van der Waals surface area contributed by atoms with Crippen LogP contribution < -0.4 is 5.32 Å². The van der Waals surface area contributed by atoms with Crippen LogP contribution in [-0.2, 0) is 16.1 Å². The average Bonchev–Trinajstić information content (AvgIpc) is 2.95. The van der Waals surface area contributed by atoms with E-state index in [2.05, 4.69) is 39.4 Å². The summed E-state index contributed by atoms with van der Waals surface area (Å²) in [5.41, 5.74) is 1.32. The lowest BCUT2D eigenvalue weighted by Crippen LogP contribution is -2.46. The molecular formula is C20H29N3O2. The summed E-state index contributed by atoms with van der Waals surface area (Å²) in [5, 5.41) is 3.64. The van der Waals surface area contributed by atoms with Gasteiger partial charge in [-0.2, -0.15) is 0 Å². The smallest absolute Gasteiger partial charge is 0.225 e. The summed E-state index contributed by atoms with van der Waals surface area (Å²) in [5.74, 6) is 0.265. The highest BCUT2D eigenvalue weighted by molar-refractivity contribution is 5.76. The van der Waals surface area contributed by atoms with E-state index in [1.807, 2.05) is 6.07 Å². The fourth-order valence-electron chi connectivity index (χ4n) is 4.38. The Morgan fingerprint density at radius 3 is 2.80 bits per heavy atom. The molecule has 3 saturated heterocycles. The number of ether oxygens (including phenoxy) is 1. The predicted octanol–water partition coefficient (Wildman–Crippen LogP) is 1.63. The van der Waals surface area contributed by atoms with E-state index >= 15 is 0 Å². The number of carbonyl (C=O) groups is 1. The molecule has 0 spiro atoms. The summed E-state index contributed by atoms with van der Waals surface area (Å²) in [6.45, 7) is 5.21. The highest BCUT2D eigenvalue weighted by Crippen LogP contribution is 2.21. The quantitative estimate of drug-likeness (QED) is 0.903. The van der Waals surface area contributed by atoms with Crippen molar-refractivity contribution >= 4 is 5.91 Å². The Hall–Kier alpha value is -1.43. The Morgan fingerprint density at radius 2 is 1.92 bits per heavy atom. The number of carbonyl (C=O) groups excluding carboxylic acids is 1.